The summed E-state index contributed by atoms with van der Waals surface area (Å²) in [5.74, 6) is 0.542. The van der Waals surface area contributed by atoms with E-state index in [1.807, 2.05) is 0 Å². The Morgan fingerprint density at radius 3 is 2.71 bits per heavy atom. The molecule has 0 atom stereocenters. The van der Waals surface area contributed by atoms with Gasteiger partial charge in [-0.3, -0.25) is 9.36 Å². The Labute approximate surface area is 186 Å². The van der Waals surface area contributed by atoms with Gasteiger partial charge in [0.1, 0.15) is 0 Å². The summed E-state index contributed by atoms with van der Waals surface area (Å²) in [5, 5.41) is 11.7. The molecule has 2 heterocycles. The third kappa shape index (κ3) is 5.62. The van der Waals surface area contributed by atoms with Crippen molar-refractivity contribution in [3.05, 3.63) is 49.6 Å². The maximum Gasteiger partial charge on any atom is 0.243 e. The highest BCUT2D eigenvalue weighted by molar-refractivity contribution is 7.99. The molecule has 1 aliphatic rings. The summed E-state index contributed by atoms with van der Waals surface area (Å²) < 4.78 is 34.5. The fourth-order valence-corrected chi connectivity index (χ4v) is 5.23. The Bertz CT molecular complexity index is 1050. The van der Waals surface area contributed by atoms with E-state index in [1.165, 1.54) is 16.1 Å². The molecule has 0 unspecified atom stereocenters. The van der Waals surface area contributed by atoms with Crippen LogP contribution in [0.15, 0.2) is 59.6 Å². The maximum atomic E-state index is 13.0. The lowest BCUT2D eigenvalue weighted by atomic mass is 10.2. The van der Waals surface area contributed by atoms with Crippen LogP contribution in [0.25, 0.3) is 11.4 Å². The lowest BCUT2D eigenvalue weighted by Gasteiger charge is -2.26. The van der Waals surface area contributed by atoms with E-state index in [9.17, 15) is 13.2 Å². The van der Waals surface area contributed by atoms with Crippen molar-refractivity contribution >= 4 is 27.7 Å². The van der Waals surface area contributed by atoms with E-state index >= 15 is 0 Å². The predicted molar refractivity (Wildman–Crippen MR) is 119 cm³/mol. The monoisotopic (exact) mass is 463 g/mol. The van der Waals surface area contributed by atoms with E-state index in [0.29, 0.717) is 55.9 Å². The number of ether oxygens (including phenoxy) is 1. The molecule has 31 heavy (non-hydrogen) atoms. The van der Waals surface area contributed by atoms with Gasteiger partial charge in [-0.15, -0.1) is 23.4 Å². The van der Waals surface area contributed by atoms with E-state index in [4.69, 9.17) is 4.74 Å². The number of benzene rings is 1. The Morgan fingerprint density at radius 1 is 1.23 bits per heavy atom. The summed E-state index contributed by atoms with van der Waals surface area (Å²) in [6, 6.07) is 6.64. The molecule has 2 aromatic rings. The van der Waals surface area contributed by atoms with Crippen molar-refractivity contribution in [1.29, 1.82) is 0 Å². The normalized spacial score (nSPS) is 14.8. The molecule has 1 aromatic heterocycles. The fourth-order valence-electron chi connectivity index (χ4n) is 3.00. The topological polar surface area (TPSA) is 106 Å². The molecule has 0 bridgehead atoms. The van der Waals surface area contributed by atoms with Crippen LogP contribution >= 0.6 is 11.8 Å². The number of hydrogen-bond acceptors (Lipinski definition) is 7. The maximum absolute atomic E-state index is 13.0. The van der Waals surface area contributed by atoms with Gasteiger partial charge < -0.3 is 10.1 Å². The molecule has 1 N–H and O–H groups in total. The largest absolute Gasteiger partial charge is 0.379 e. The summed E-state index contributed by atoms with van der Waals surface area (Å²) in [7, 11) is -3.63. The summed E-state index contributed by atoms with van der Waals surface area (Å²) >= 11 is 1.25. The molecule has 1 amide bonds. The third-order valence-electron chi connectivity index (χ3n) is 4.50. The molecular formula is C20H25N5O4S2. The average Bonchev–Trinajstić information content (AvgIpc) is 3.19. The Balaban J connectivity index is 1.86. The number of rotatable bonds is 10. The number of amides is 1. The lowest BCUT2D eigenvalue weighted by molar-refractivity contribution is -0.118. The summed E-state index contributed by atoms with van der Waals surface area (Å²) in [4.78, 5) is 12.1. The first kappa shape index (κ1) is 23.2. The first-order chi connectivity index (χ1) is 15.0. The molecule has 1 aromatic carbocycles. The van der Waals surface area contributed by atoms with Crippen LogP contribution in [0.2, 0.25) is 0 Å². The van der Waals surface area contributed by atoms with Crippen molar-refractivity contribution < 1.29 is 17.9 Å². The smallest absolute Gasteiger partial charge is 0.243 e. The number of nitrogens with one attached hydrogen (secondary N) is 1. The Hall–Kier alpha value is -2.47. The van der Waals surface area contributed by atoms with Crippen molar-refractivity contribution in [2.75, 3.05) is 38.6 Å². The highest BCUT2D eigenvalue weighted by Crippen LogP contribution is 2.27. The molecule has 3 rings (SSSR count). The number of hydrogen-bond donors (Lipinski definition) is 1. The standard InChI is InChI=1S/C20H25N5O4S2/c1-3-8-21-18(26)15-30-20-23-22-19(25(20)9-4-2)16-6-5-7-17(14-16)31(27,28)24-10-12-29-13-11-24/h3-7,14H,1-2,8-13,15H2,(H,21,26). The number of aromatic nitrogens is 3. The second-order valence-electron chi connectivity index (χ2n) is 6.63. The first-order valence-electron chi connectivity index (χ1n) is 9.70. The van der Waals surface area contributed by atoms with Gasteiger partial charge in [-0.2, -0.15) is 4.31 Å². The molecule has 1 fully saturated rings. The predicted octanol–water partition coefficient (Wildman–Crippen LogP) is 1.55. The summed E-state index contributed by atoms with van der Waals surface area (Å²) in [5.41, 5.74) is 0.617. The van der Waals surface area contributed by atoms with Gasteiger partial charge in [0, 0.05) is 31.7 Å². The number of carbonyl (C=O) groups excluding carboxylic acids is 1. The number of thioether (sulfide) groups is 1. The van der Waals surface area contributed by atoms with Gasteiger partial charge in [0.25, 0.3) is 0 Å². The Kier molecular flexibility index (Phi) is 8.02. The zero-order valence-electron chi connectivity index (χ0n) is 17.1. The van der Waals surface area contributed by atoms with Crippen molar-refractivity contribution in [2.24, 2.45) is 0 Å². The Morgan fingerprint density at radius 2 is 2.00 bits per heavy atom. The van der Waals surface area contributed by atoms with Crippen LogP contribution in [0.5, 0.6) is 0 Å². The SMILES string of the molecule is C=CCNC(=O)CSc1nnc(-c2cccc(S(=O)(=O)N3CCOCC3)c2)n1CC=C. The quantitative estimate of drug-likeness (QED) is 0.421. The fraction of sp³-hybridized carbons (Fsp3) is 0.350. The summed E-state index contributed by atoms with van der Waals surface area (Å²) in [6.07, 6.45) is 3.31. The average molecular weight is 464 g/mol. The van der Waals surface area contributed by atoms with E-state index in [0.717, 1.165) is 0 Å². The number of morpholine rings is 1. The molecule has 11 heteroatoms. The number of allylic oxidation sites excluding steroid dienone is 1. The minimum Gasteiger partial charge on any atom is -0.379 e. The number of sulfonamides is 1. The van der Waals surface area contributed by atoms with Crippen molar-refractivity contribution in [3.63, 3.8) is 0 Å². The molecule has 166 valence electrons. The van der Waals surface area contributed by atoms with Crippen LogP contribution in [0.4, 0.5) is 0 Å². The molecule has 1 aliphatic heterocycles. The van der Waals surface area contributed by atoms with Crippen LogP contribution in [-0.2, 0) is 26.1 Å². The minimum atomic E-state index is -3.63. The second-order valence-corrected chi connectivity index (χ2v) is 9.51. The number of nitrogens with zero attached hydrogens (tertiary/aromatic N) is 4. The van der Waals surface area contributed by atoms with Crippen LogP contribution in [0.3, 0.4) is 0 Å². The van der Waals surface area contributed by atoms with Crippen molar-refractivity contribution in [1.82, 2.24) is 24.4 Å². The highest BCUT2D eigenvalue weighted by atomic mass is 32.2. The molecule has 1 saturated heterocycles. The van der Waals surface area contributed by atoms with Gasteiger partial charge in [0.15, 0.2) is 11.0 Å². The van der Waals surface area contributed by atoms with Crippen LogP contribution in [-0.4, -0.2) is 72.0 Å². The van der Waals surface area contributed by atoms with E-state index in [-0.39, 0.29) is 16.6 Å². The van der Waals surface area contributed by atoms with Gasteiger partial charge in [-0.05, 0) is 12.1 Å². The van der Waals surface area contributed by atoms with Crippen LogP contribution < -0.4 is 5.32 Å². The van der Waals surface area contributed by atoms with Crippen LogP contribution in [0, 0.1) is 0 Å². The van der Waals surface area contributed by atoms with Gasteiger partial charge >= 0.3 is 0 Å². The van der Waals surface area contributed by atoms with E-state index in [1.54, 1.807) is 41.0 Å². The lowest BCUT2D eigenvalue weighted by Crippen LogP contribution is -2.40. The highest BCUT2D eigenvalue weighted by Gasteiger charge is 2.27. The molecule has 0 spiro atoms. The van der Waals surface area contributed by atoms with Gasteiger partial charge in [-0.1, -0.05) is 36.0 Å². The van der Waals surface area contributed by atoms with E-state index in [2.05, 4.69) is 28.7 Å². The third-order valence-corrected chi connectivity index (χ3v) is 7.37. The molecule has 0 saturated carbocycles. The molecule has 9 nitrogen and oxygen atoms in total. The zero-order chi connectivity index (χ0) is 22.3. The molecule has 0 aliphatic carbocycles. The van der Waals surface area contributed by atoms with E-state index < -0.39 is 10.0 Å². The van der Waals surface area contributed by atoms with Gasteiger partial charge in [0.2, 0.25) is 15.9 Å². The first-order valence-corrected chi connectivity index (χ1v) is 12.1. The van der Waals surface area contributed by atoms with Crippen molar-refractivity contribution in [2.45, 2.75) is 16.6 Å². The van der Waals surface area contributed by atoms with Crippen molar-refractivity contribution in [3.8, 4) is 11.4 Å². The zero-order valence-corrected chi connectivity index (χ0v) is 18.7. The molecule has 0 radical (unpaired) electrons. The second kappa shape index (κ2) is 10.7. The van der Waals surface area contributed by atoms with Gasteiger partial charge in [-0.25, -0.2) is 8.42 Å². The van der Waals surface area contributed by atoms with Gasteiger partial charge in [0.05, 0.1) is 23.9 Å². The number of carbonyl (C=O) groups is 1. The molecular weight excluding hydrogens is 438 g/mol. The van der Waals surface area contributed by atoms with Crippen LogP contribution in [0.1, 0.15) is 0 Å². The summed E-state index contributed by atoms with van der Waals surface area (Å²) in [6.45, 7) is 9.58. The minimum absolute atomic E-state index is 0.141.